The lowest BCUT2D eigenvalue weighted by Crippen LogP contribution is -2.35. The summed E-state index contributed by atoms with van der Waals surface area (Å²) < 4.78 is 5.58. The number of carbonyl (C=O) groups excluding carboxylic acids is 2. The van der Waals surface area contributed by atoms with Crippen LogP contribution in [0.1, 0.15) is 47.3 Å². The predicted octanol–water partition coefficient (Wildman–Crippen LogP) is 4.87. The second kappa shape index (κ2) is 10.5. The molecule has 1 N–H and O–H groups in total. The zero-order valence-corrected chi connectivity index (χ0v) is 18.6. The van der Waals surface area contributed by atoms with E-state index in [2.05, 4.69) is 10.5 Å². The predicted molar refractivity (Wildman–Crippen MR) is 123 cm³/mol. The van der Waals surface area contributed by atoms with Crippen LogP contribution < -0.4 is 5.32 Å². The molecule has 0 fully saturated rings. The van der Waals surface area contributed by atoms with Crippen molar-refractivity contribution >= 4 is 23.4 Å². The van der Waals surface area contributed by atoms with Crippen molar-refractivity contribution in [1.29, 1.82) is 0 Å². The molecule has 0 bridgehead atoms. The van der Waals surface area contributed by atoms with Gasteiger partial charge >= 0.3 is 0 Å². The zero-order chi connectivity index (χ0) is 22.3. The Morgan fingerprint density at radius 3 is 2.59 bits per heavy atom. The summed E-state index contributed by atoms with van der Waals surface area (Å²) in [5.41, 5.74) is 3.48. The third-order valence-corrected chi connectivity index (χ3v) is 5.94. The largest absolute Gasteiger partial charge is 0.356 e. The number of fused-ring (bicyclic) bond motifs is 1. The van der Waals surface area contributed by atoms with Crippen molar-refractivity contribution in [3.8, 4) is 11.3 Å². The van der Waals surface area contributed by atoms with E-state index in [0.717, 1.165) is 36.1 Å². The van der Waals surface area contributed by atoms with Gasteiger partial charge in [-0.15, -0.1) is 0 Å². The quantitative estimate of drug-likeness (QED) is 0.496. The first-order valence-corrected chi connectivity index (χ1v) is 11.3. The van der Waals surface area contributed by atoms with Gasteiger partial charge in [-0.1, -0.05) is 41.4 Å². The van der Waals surface area contributed by atoms with Gasteiger partial charge in [-0.05, 0) is 49.2 Å². The van der Waals surface area contributed by atoms with E-state index in [9.17, 15) is 9.59 Å². The number of nitrogens with one attached hydrogen (secondary N) is 1. The van der Waals surface area contributed by atoms with E-state index in [1.54, 1.807) is 12.1 Å². The molecule has 3 aromatic rings. The standard InChI is InChI=1S/C25H26ClN3O3/c26-20-12-10-18(11-13-20)24-21-17-29(16-14-22(21)28-32-24)23(30)9-5-2-6-15-27-25(31)19-7-3-1-4-8-19/h1,3-4,7-8,10-13H,2,5-6,9,14-17H2,(H,27,31). The molecule has 32 heavy (non-hydrogen) atoms. The highest BCUT2D eigenvalue weighted by molar-refractivity contribution is 6.30. The number of hydrogen-bond donors (Lipinski definition) is 1. The molecule has 0 atom stereocenters. The highest BCUT2D eigenvalue weighted by Gasteiger charge is 2.27. The Hall–Kier alpha value is -3.12. The maximum Gasteiger partial charge on any atom is 0.251 e. The van der Waals surface area contributed by atoms with Crippen LogP contribution in [-0.2, 0) is 17.8 Å². The smallest absolute Gasteiger partial charge is 0.251 e. The maximum atomic E-state index is 12.7. The van der Waals surface area contributed by atoms with E-state index < -0.39 is 0 Å². The molecule has 0 radical (unpaired) electrons. The molecule has 0 unspecified atom stereocenters. The molecular weight excluding hydrogens is 426 g/mol. The lowest BCUT2D eigenvalue weighted by molar-refractivity contribution is -0.132. The molecule has 6 nitrogen and oxygen atoms in total. The van der Waals surface area contributed by atoms with Crippen molar-refractivity contribution in [2.75, 3.05) is 13.1 Å². The van der Waals surface area contributed by atoms with Gasteiger partial charge in [0.1, 0.15) is 0 Å². The molecule has 0 saturated carbocycles. The number of benzene rings is 2. The molecule has 1 aliphatic heterocycles. The topological polar surface area (TPSA) is 75.4 Å². The molecule has 1 aromatic heterocycles. The Balaban J connectivity index is 1.21. The average molecular weight is 452 g/mol. The van der Waals surface area contributed by atoms with Crippen LogP contribution in [-0.4, -0.2) is 35.0 Å². The minimum absolute atomic E-state index is 0.0592. The van der Waals surface area contributed by atoms with Crippen molar-refractivity contribution in [2.24, 2.45) is 0 Å². The SMILES string of the molecule is O=C(NCCCCCC(=O)N1CCc2noc(-c3ccc(Cl)cc3)c2C1)c1ccccc1. The number of rotatable bonds is 8. The lowest BCUT2D eigenvalue weighted by atomic mass is 10.0. The number of carbonyl (C=O) groups is 2. The molecule has 2 heterocycles. The summed E-state index contributed by atoms with van der Waals surface area (Å²) in [6.07, 6.45) is 3.75. The van der Waals surface area contributed by atoms with Crippen LogP contribution in [0.5, 0.6) is 0 Å². The Morgan fingerprint density at radius 2 is 1.81 bits per heavy atom. The van der Waals surface area contributed by atoms with Crippen molar-refractivity contribution in [1.82, 2.24) is 15.4 Å². The minimum atomic E-state index is -0.0592. The molecule has 166 valence electrons. The molecular formula is C25H26ClN3O3. The van der Waals surface area contributed by atoms with Crippen molar-refractivity contribution in [3.63, 3.8) is 0 Å². The fourth-order valence-corrected chi connectivity index (χ4v) is 4.01. The molecule has 0 spiro atoms. The fourth-order valence-electron chi connectivity index (χ4n) is 3.88. The summed E-state index contributed by atoms with van der Waals surface area (Å²) in [7, 11) is 0. The number of amides is 2. The van der Waals surface area contributed by atoms with E-state index in [4.69, 9.17) is 16.1 Å². The van der Waals surface area contributed by atoms with Gasteiger partial charge in [-0.2, -0.15) is 0 Å². The van der Waals surface area contributed by atoms with E-state index >= 15 is 0 Å². The normalized spacial score (nSPS) is 13.0. The Morgan fingerprint density at radius 1 is 1.03 bits per heavy atom. The first-order valence-electron chi connectivity index (χ1n) is 11.0. The van der Waals surface area contributed by atoms with Crippen LogP contribution >= 0.6 is 11.6 Å². The third-order valence-electron chi connectivity index (χ3n) is 5.69. The number of unbranched alkanes of at least 4 members (excludes halogenated alkanes) is 2. The molecule has 1 aliphatic rings. The van der Waals surface area contributed by atoms with Crippen LogP contribution in [0.2, 0.25) is 5.02 Å². The third kappa shape index (κ3) is 5.37. The summed E-state index contributed by atoms with van der Waals surface area (Å²) in [5.74, 6) is 0.798. The summed E-state index contributed by atoms with van der Waals surface area (Å²) >= 11 is 5.99. The second-order valence-electron chi connectivity index (χ2n) is 7.94. The highest BCUT2D eigenvalue weighted by Crippen LogP contribution is 2.31. The molecule has 2 aromatic carbocycles. The van der Waals surface area contributed by atoms with Gasteiger partial charge in [0.15, 0.2) is 5.76 Å². The van der Waals surface area contributed by atoms with Crippen LogP contribution in [0.25, 0.3) is 11.3 Å². The summed E-state index contributed by atoms with van der Waals surface area (Å²) in [5, 5.41) is 7.79. The van der Waals surface area contributed by atoms with Crippen molar-refractivity contribution in [2.45, 2.75) is 38.6 Å². The monoisotopic (exact) mass is 451 g/mol. The molecule has 4 rings (SSSR count). The molecule has 2 amide bonds. The maximum absolute atomic E-state index is 12.7. The molecule has 0 saturated heterocycles. The van der Waals surface area contributed by atoms with E-state index in [1.807, 2.05) is 47.4 Å². The summed E-state index contributed by atoms with van der Waals surface area (Å²) in [4.78, 5) is 26.6. The van der Waals surface area contributed by atoms with E-state index in [-0.39, 0.29) is 11.8 Å². The highest BCUT2D eigenvalue weighted by atomic mass is 35.5. The Bertz CT molecular complexity index is 1060. The van der Waals surface area contributed by atoms with Gasteiger partial charge in [-0.25, -0.2) is 0 Å². The van der Waals surface area contributed by atoms with Gasteiger partial charge in [0, 0.05) is 47.6 Å². The number of nitrogens with zero attached hydrogens (tertiary/aromatic N) is 2. The lowest BCUT2D eigenvalue weighted by Gasteiger charge is -2.26. The van der Waals surface area contributed by atoms with Gasteiger partial charge in [0.25, 0.3) is 5.91 Å². The Labute approximate surface area is 192 Å². The van der Waals surface area contributed by atoms with Crippen LogP contribution in [0.4, 0.5) is 0 Å². The minimum Gasteiger partial charge on any atom is -0.356 e. The van der Waals surface area contributed by atoms with Gasteiger partial charge in [0.05, 0.1) is 12.2 Å². The van der Waals surface area contributed by atoms with E-state index in [0.29, 0.717) is 48.8 Å². The fraction of sp³-hybridized carbons (Fsp3) is 0.320. The zero-order valence-electron chi connectivity index (χ0n) is 17.9. The van der Waals surface area contributed by atoms with Crippen LogP contribution in [0, 0.1) is 0 Å². The van der Waals surface area contributed by atoms with E-state index in [1.165, 1.54) is 0 Å². The van der Waals surface area contributed by atoms with Gasteiger partial charge < -0.3 is 14.7 Å². The first-order chi connectivity index (χ1) is 15.6. The number of halogens is 1. The van der Waals surface area contributed by atoms with Crippen LogP contribution in [0.3, 0.4) is 0 Å². The summed E-state index contributed by atoms with van der Waals surface area (Å²) in [6.45, 7) is 1.79. The van der Waals surface area contributed by atoms with Crippen LogP contribution in [0.15, 0.2) is 59.1 Å². The second-order valence-corrected chi connectivity index (χ2v) is 8.38. The van der Waals surface area contributed by atoms with Crippen molar-refractivity contribution in [3.05, 3.63) is 76.4 Å². The van der Waals surface area contributed by atoms with Gasteiger partial charge in [0.2, 0.25) is 5.91 Å². The summed E-state index contributed by atoms with van der Waals surface area (Å²) in [6, 6.07) is 16.6. The average Bonchev–Trinajstić information content (AvgIpc) is 3.25. The number of aromatic nitrogens is 1. The first kappa shape index (κ1) is 22.1. The molecule has 0 aliphatic carbocycles. The van der Waals surface area contributed by atoms with Crippen molar-refractivity contribution < 1.29 is 14.1 Å². The number of hydrogen-bond acceptors (Lipinski definition) is 4. The Kier molecular flexibility index (Phi) is 7.22. The van der Waals surface area contributed by atoms with Gasteiger partial charge in [-0.3, -0.25) is 9.59 Å². The molecule has 7 heteroatoms.